The molecule has 0 atom stereocenters. The number of ether oxygens (including phenoxy) is 2. The number of nitro groups is 1. The lowest BCUT2D eigenvalue weighted by atomic mass is 10.1. The molecule has 9 nitrogen and oxygen atoms in total. The summed E-state index contributed by atoms with van der Waals surface area (Å²) >= 11 is 3.33. The van der Waals surface area contributed by atoms with Gasteiger partial charge >= 0.3 is 6.18 Å². The highest BCUT2D eigenvalue weighted by Crippen LogP contribution is 2.36. The molecule has 0 bridgehead atoms. The van der Waals surface area contributed by atoms with Gasteiger partial charge in [0.15, 0.2) is 18.1 Å². The van der Waals surface area contributed by atoms with E-state index >= 15 is 0 Å². The second kappa shape index (κ2) is 12.4. The number of amides is 1. The average molecular weight is 599 g/mol. The van der Waals surface area contributed by atoms with Crippen LogP contribution in [0.4, 0.5) is 34.6 Å². The van der Waals surface area contributed by atoms with Crippen molar-refractivity contribution >= 4 is 45.1 Å². The summed E-state index contributed by atoms with van der Waals surface area (Å²) in [6, 6.07) is 10.3. The fraction of sp³-hybridized carbons (Fsp3) is 0.167. The number of alkyl halides is 3. The first-order valence-corrected chi connectivity index (χ1v) is 11.6. The van der Waals surface area contributed by atoms with E-state index in [1.165, 1.54) is 42.6 Å². The Morgan fingerprint density at radius 3 is 2.42 bits per heavy atom. The first-order valence-electron chi connectivity index (χ1n) is 10.8. The van der Waals surface area contributed by atoms with Gasteiger partial charge in [-0.2, -0.15) is 18.3 Å². The molecule has 0 saturated carbocycles. The summed E-state index contributed by atoms with van der Waals surface area (Å²) in [5.74, 6) is -0.464. The molecular weight excluding hydrogens is 580 g/mol. The predicted molar refractivity (Wildman–Crippen MR) is 135 cm³/mol. The Morgan fingerprint density at radius 2 is 1.79 bits per heavy atom. The van der Waals surface area contributed by atoms with Crippen molar-refractivity contribution in [2.24, 2.45) is 5.10 Å². The number of anilines is 2. The maximum atomic E-state index is 13.0. The van der Waals surface area contributed by atoms with Crippen LogP contribution >= 0.6 is 15.9 Å². The van der Waals surface area contributed by atoms with Crippen LogP contribution in [0, 0.1) is 15.9 Å². The number of rotatable bonds is 10. The Balaban J connectivity index is 1.73. The molecule has 0 unspecified atom stereocenters. The molecule has 0 aliphatic heterocycles. The average Bonchev–Trinajstić information content (AvgIpc) is 2.85. The summed E-state index contributed by atoms with van der Waals surface area (Å²) in [5, 5.41) is 17.7. The van der Waals surface area contributed by atoms with Gasteiger partial charge in [0, 0.05) is 21.8 Å². The van der Waals surface area contributed by atoms with Crippen LogP contribution in [0.3, 0.4) is 0 Å². The van der Waals surface area contributed by atoms with Gasteiger partial charge in [-0.15, -0.1) is 0 Å². The van der Waals surface area contributed by atoms with Crippen molar-refractivity contribution in [3.8, 4) is 11.5 Å². The molecule has 0 spiro atoms. The second-order valence-corrected chi connectivity index (χ2v) is 8.31. The zero-order valence-corrected chi connectivity index (χ0v) is 21.1. The minimum absolute atomic E-state index is 0.219. The SMILES string of the molecule is CCOc1cc(/C=N\Nc2ccc(C(F)(F)F)cc2[N+](=O)[O-])c(Br)cc1OCC(=O)Nc1ccc(F)cc1. The molecule has 0 heterocycles. The minimum atomic E-state index is -4.74. The van der Waals surface area contributed by atoms with Gasteiger partial charge in [0.1, 0.15) is 11.5 Å². The monoisotopic (exact) mass is 598 g/mol. The minimum Gasteiger partial charge on any atom is -0.490 e. The van der Waals surface area contributed by atoms with Crippen LogP contribution < -0.4 is 20.2 Å². The molecular formula is C24H19BrF4N4O5. The van der Waals surface area contributed by atoms with E-state index < -0.39 is 34.1 Å². The van der Waals surface area contributed by atoms with Gasteiger partial charge in [0.25, 0.3) is 11.6 Å². The Bertz CT molecular complexity index is 1350. The Hall–Kier alpha value is -4.20. The third-order valence-electron chi connectivity index (χ3n) is 4.76. The summed E-state index contributed by atoms with van der Waals surface area (Å²) in [6.07, 6.45) is -3.47. The highest BCUT2D eigenvalue weighted by molar-refractivity contribution is 9.10. The van der Waals surface area contributed by atoms with Gasteiger partial charge in [-0.05, 0) is 71.4 Å². The quantitative estimate of drug-likeness (QED) is 0.121. The predicted octanol–water partition coefficient (Wildman–Crippen LogP) is 6.38. The number of hydrogen-bond acceptors (Lipinski definition) is 7. The van der Waals surface area contributed by atoms with Crippen LogP contribution in [0.5, 0.6) is 11.5 Å². The van der Waals surface area contributed by atoms with Crippen molar-refractivity contribution in [3.05, 3.63) is 86.1 Å². The summed E-state index contributed by atoms with van der Waals surface area (Å²) in [5.41, 5.74) is 0.987. The number of hydrogen-bond donors (Lipinski definition) is 2. The Morgan fingerprint density at radius 1 is 1.11 bits per heavy atom. The van der Waals surface area contributed by atoms with Crippen molar-refractivity contribution in [2.45, 2.75) is 13.1 Å². The smallest absolute Gasteiger partial charge is 0.416 e. The van der Waals surface area contributed by atoms with Gasteiger partial charge in [0.05, 0.1) is 23.3 Å². The molecule has 0 fully saturated rings. The Labute approximate surface area is 221 Å². The Kier molecular flexibility index (Phi) is 9.23. The zero-order chi connectivity index (χ0) is 27.9. The van der Waals surface area contributed by atoms with Crippen molar-refractivity contribution in [2.75, 3.05) is 24.0 Å². The van der Waals surface area contributed by atoms with Gasteiger partial charge in [0.2, 0.25) is 0 Å². The number of hydrazone groups is 1. The van der Waals surface area contributed by atoms with Gasteiger partial charge < -0.3 is 14.8 Å². The van der Waals surface area contributed by atoms with Crippen LogP contribution in [0.15, 0.2) is 64.2 Å². The van der Waals surface area contributed by atoms with Crippen LogP contribution in [0.1, 0.15) is 18.1 Å². The number of carbonyl (C=O) groups excluding carboxylic acids is 1. The first-order chi connectivity index (χ1) is 18.0. The van der Waals surface area contributed by atoms with Crippen molar-refractivity contribution in [1.82, 2.24) is 0 Å². The maximum absolute atomic E-state index is 13.0. The zero-order valence-electron chi connectivity index (χ0n) is 19.5. The molecule has 1 amide bonds. The van der Waals surface area contributed by atoms with E-state index in [1.807, 2.05) is 0 Å². The summed E-state index contributed by atoms with van der Waals surface area (Å²) in [7, 11) is 0. The molecule has 200 valence electrons. The van der Waals surface area contributed by atoms with Crippen LogP contribution in [-0.4, -0.2) is 30.3 Å². The van der Waals surface area contributed by atoms with Gasteiger partial charge in [-0.1, -0.05) is 0 Å². The second-order valence-electron chi connectivity index (χ2n) is 7.45. The molecule has 14 heteroatoms. The number of nitro benzene ring substituents is 1. The van der Waals surface area contributed by atoms with E-state index in [9.17, 15) is 32.5 Å². The highest BCUT2D eigenvalue weighted by Gasteiger charge is 2.33. The lowest BCUT2D eigenvalue weighted by Crippen LogP contribution is -2.20. The van der Waals surface area contributed by atoms with Gasteiger partial charge in [-0.3, -0.25) is 20.3 Å². The van der Waals surface area contributed by atoms with Crippen molar-refractivity contribution in [3.63, 3.8) is 0 Å². The van der Waals surface area contributed by atoms with Crippen LogP contribution in [0.2, 0.25) is 0 Å². The highest BCUT2D eigenvalue weighted by atomic mass is 79.9. The number of halogens is 5. The molecule has 3 aromatic carbocycles. The summed E-state index contributed by atoms with van der Waals surface area (Å²) < 4.78 is 63.3. The lowest BCUT2D eigenvalue weighted by molar-refractivity contribution is -0.384. The molecule has 0 aliphatic carbocycles. The fourth-order valence-electron chi connectivity index (χ4n) is 3.03. The van der Waals surface area contributed by atoms with E-state index in [0.29, 0.717) is 27.9 Å². The molecule has 0 saturated heterocycles. The van der Waals surface area contributed by atoms with E-state index in [-0.39, 0.29) is 30.4 Å². The number of carbonyl (C=O) groups is 1. The van der Waals surface area contributed by atoms with E-state index in [0.717, 1.165) is 6.07 Å². The normalized spacial score (nSPS) is 11.3. The maximum Gasteiger partial charge on any atom is 0.416 e. The third kappa shape index (κ3) is 7.65. The largest absolute Gasteiger partial charge is 0.490 e. The van der Waals surface area contributed by atoms with Crippen LogP contribution in [0.25, 0.3) is 0 Å². The molecule has 0 aromatic heterocycles. The lowest BCUT2D eigenvalue weighted by Gasteiger charge is -2.14. The molecule has 0 aliphatic rings. The standard InChI is InChI=1S/C24H19BrF4N4O5/c1-2-37-21-9-14(12-30-32-19-8-3-15(24(27,28)29)10-20(19)33(35)36)18(25)11-22(21)38-13-23(34)31-17-6-4-16(26)5-7-17/h3-12,32H,2,13H2,1H3,(H,31,34)/b30-12-. The van der Waals surface area contributed by atoms with Crippen molar-refractivity contribution < 1.29 is 36.8 Å². The third-order valence-corrected chi connectivity index (χ3v) is 5.45. The number of nitrogens with zero attached hydrogens (tertiary/aromatic N) is 2. The van der Waals surface area contributed by atoms with Crippen LogP contribution in [-0.2, 0) is 11.0 Å². The fourth-order valence-corrected chi connectivity index (χ4v) is 3.45. The molecule has 0 radical (unpaired) electrons. The molecule has 2 N–H and O–H groups in total. The summed E-state index contributed by atoms with van der Waals surface area (Å²) in [6.45, 7) is 1.61. The molecule has 3 aromatic rings. The molecule has 38 heavy (non-hydrogen) atoms. The topological polar surface area (TPSA) is 115 Å². The molecule has 3 rings (SSSR count). The summed E-state index contributed by atoms with van der Waals surface area (Å²) in [4.78, 5) is 22.5. The first kappa shape index (κ1) is 28.4. The van der Waals surface area contributed by atoms with Gasteiger partial charge in [-0.25, -0.2) is 4.39 Å². The van der Waals surface area contributed by atoms with Crippen molar-refractivity contribution in [1.29, 1.82) is 0 Å². The van der Waals surface area contributed by atoms with E-state index in [1.54, 1.807) is 6.92 Å². The van der Waals surface area contributed by atoms with E-state index in [2.05, 4.69) is 31.8 Å². The van der Waals surface area contributed by atoms with E-state index in [4.69, 9.17) is 9.47 Å². The number of nitrogens with one attached hydrogen (secondary N) is 2. The number of benzene rings is 3.